The molecule has 2 aromatic carbocycles. The predicted molar refractivity (Wildman–Crippen MR) is 130 cm³/mol. The second-order valence-corrected chi connectivity index (χ2v) is 9.41. The van der Waals surface area contributed by atoms with E-state index < -0.39 is 0 Å². The molecular formula is C25H28FN5O2S. The zero-order chi connectivity index (χ0) is 24.1. The minimum atomic E-state index is -0.367. The summed E-state index contributed by atoms with van der Waals surface area (Å²) in [5.74, 6) is 1.19. The van der Waals surface area contributed by atoms with Gasteiger partial charge in [0, 0.05) is 49.1 Å². The number of carbonyl (C=O) groups is 2. The highest BCUT2D eigenvalue weighted by Crippen LogP contribution is 2.23. The number of aryl methyl sites for hydroxylation is 1. The third-order valence-corrected chi connectivity index (χ3v) is 6.92. The monoisotopic (exact) mass is 481 g/mol. The molecule has 7 nitrogen and oxygen atoms in total. The van der Waals surface area contributed by atoms with Crippen LogP contribution in [0.25, 0.3) is 5.69 Å². The van der Waals surface area contributed by atoms with Gasteiger partial charge in [-0.1, -0.05) is 30.0 Å². The van der Waals surface area contributed by atoms with Crippen LogP contribution in [0.2, 0.25) is 0 Å². The molecule has 1 atom stereocenters. The molecule has 178 valence electrons. The molecule has 1 saturated heterocycles. The summed E-state index contributed by atoms with van der Waals surface area (Å²) in [7, 11) is 0. The van der Waals surface area contributed by atoms with Crippen molar-refractivity contribution in [1.29, 1.82) is 0 Å². The second kappa shape index (κ2) is 10.8. The summed E-state index contributed by atoms with van der Waals surface area (Å²) in [5, 5.41) is 9.31. The minimum absolute atomic E-state index is 0.0991. The fraction of sp³-hybridized carbons (Fsp3) is 0.360. The number of halogens is 1. The Bertz CT molecular complexity index is 1140. The van der Waals surface area contributed by atoms with E-state index >= 15 is 0 Å². The van der Waals surface area contributed by atoms with E-state index in [1.165, 1.54) is 24.3 Å². The lowest BCUT2D eigenvalue weighted by Gasteiger charge is -2.40. The van der Waals surface area contributed by atoms with Crippen molar-refractivity contribution < 1.29 is 14.0 Å². The first-order chi connectivity index (χ1) is 16.4. The second-order valence-electron chi connectivity index (χ2n) is 8.35. The summed E-state index contributed by atoms with van der Waals surface area (Å²) in [4.78, 5) is 29.1. The van der Waals surface area contributed by atoms with Crippen LogP contribution in [0.1, 0.15) is 35.9 Å². The Hall–Kier alpha value is -3.20. The van der Waals surface area contributed by atoms with Gasteiger partial charge in [0.15, 0.2) is 5.16 Å². The number of para-hydroxylation sites is 1. The molecule has 0 bridgehead atoms. The van der Waals surface area contributed by atoms with E-state index in [1.54, 1.807) is 16.7 Å². The Kier molecular flexibility index (Phi) is 7.62. The number of thioether (sulfide) groups is 1. The van der Waals surface area contributed by atoms with Crippen molar-refractivity contribution in [2.24, 2.45) is 0 Å². The molecule has 0 aliphatic carbocycles. The van der Waals surface area contributed by atoms with Gasteiger partial charge in [-0.05, 0) is 56.7 Å². The van der Waals surface area contributed by atoms with Crippen LogP contribution >= 0.6 is 11.8 Å². The molecule has 0 radical (unpaired) electrons. The Balaban J connectivity index is 1.25. The third-order valence-electron chi connectivity index (χ3n) is 5.91. The number of piperazine rings is 1. The topological polar surface area (TPSA) is 71.3 Å². The van der Waals surface area contributed by atoms with Gasteiger partial charge < -0.3 is 9.80 Å². The van der Waals surface area contributed by atoms with Crippen LogP contribution in [0, 0.1) is 12.7 Å². The van der Waals surface area contributed by atoms with Gasteiger partial charge in [-0.3, -0.25) is 14.2 Å². The number of hydrogen-bond donors (Lipinski definition) is 0. The maximum absolute atomic E-state index is 13.2. The molecule has 0 saturated carbocycles. The third kappa shape index (κ3) is 5.47. The summed E-state index contributed by atoms with van der Waals surface area (Å²) >= 11 is 1.59. The van der Waals surface area contributed by atoms with E-state index in [9.17, 15) is 14.0 Å². The fourth-order valence-electron chi connectivity index (χ4n) is 4.10. The van der Waals surface area contributed by atoms with Crippen LogP contribution in [0.3, 0.4) is 0 Å². The Morgan fingerprint density at radius 3 is 2.50 bits per heavy atom. The first-order valence-corrected chi connectivity index (χ1v) is 12.4. The average molecular weight is 482 g/mol. The van der Waals surface area contributed by atoms with Crippen molar-refractivity contribution in [3.63, 3.8) is 0 Å². The maximum atomic E-state index is 13.2. The Morgan fingerprint density at radius 2 is 1.79 bits per heavy atom. The lowest BCUT2D eigenvalue weighted by Crippen LogP contribution is -2.55. The van der Waals surface area contributed by atoms with Crippen LogP contribution in [0.15, 0.2) is 59.8 Å². The Labute approximate surface area is 203 Å². The van der Waals surface area contributed by atoms with Gasteiger partial charge in [0.1, 0.15) is 11.6 Å². The highest BCUT2D eigenvalue weighted by Gasteiger charge is 2.30. The summed E-state index contributed by atoms with van der Waals surface area (Å²) < 4.78 is 15.2. The standard InChI is InChI=1S/C25H28FN5O2S/c1-18-17-29(14-15-30(18)24(33)20-10-12-21(26)13-11-20)23(32)9-6-16-34-25-28-27-19(2)31(25)22-7-4-3-5-8-22/h3-5,7-8,10-13,18H,6,9,14-17H2,1-2H3. The van der Waals surface area contributed by atoms with Gasteiger partial charge in [-0.15, -0.1) is 10.2 Å². The molecule has 4 rings (SSSR count). The van der Waals surface area contributed by atoms with Gasteiger partial charge >= 0.3 is 0 Å². The highest BCUT2D eigenvalue weighted by atomic mass is 32.2. The van der Waals surface area contributed by atoms with Crippen molar-refractivity contribution in [2.45, 2.75) is 37.9 Å². The van der Waals surface area contributed by atoms with Crippen LogP contribution in [0.4, 0.5) is 4.39 Å². The molecule has 1 aliphatic rings. The van der Waals surface area contributed by atoms with Gasteiger partial charge in [-0.2, -0.15) is 0 Å². The van der Waals surface area contributed by atoms with Crippen molar-refractivity contribution >= 4 is 23.6 Å². The van der Waals surface area contributed by atoms with E-state index in [-0.39, 0.29) is 23.7 Å². The first-order valence-electron chi connectivity index (χ1n) is 11.4. The summed E-state index contributed by atoms with van der Waals surface area (Å²) in [5.41, 5.74) is 1.48. The molecule has 34 heavy (non-hydrogen) atoms. The number of amides is 2. The van der Waals surface area contributed by atoms with Crippen molar-refractivity contribution in [2.75, 3.05) is 25.4 Å². The lowest BCUT2D eigenvalue weighted by molar-refractivity contribution is -0.133. The van der Waals surface area contributed by atoms with Gasteiger partial charge in [0.05, 0.1) is 0 Å². The summed E-state index contributed by atoms with van der Waals surface area (Å²) in [6.07, 6.45) is 1.18. The SMILES string of the molecule is Cc1nnc(SCCCC(=O)N2CCN(C(=O)c3ccc(F)cc3)C(C)C2)n1-c1ccccc1. The molecular weight excluding hydrogens is 453 g/mol. The maximum Gasteiger partial charge on any atom is 0.254 e. The smallest absolute Gasteiger partial charge is 0.254 e. The predicted octanol–water partition coefficient (Wildman–Crippen LogP) is 3.96. The number of carbonyl (C=O) groups excluding carboxylic acids is 2. The van der Waals surface area contributed by atoms with Crippen LogP contribution in [-0.4, -0.2) is 67.8 Å². The van der Waals surface area contributed by atoms with Crippen molar-refractivity contribution in [3.8, 4) is 5.69 Å². The average Bonchev–Trinajstić information content (AvgIpc) is 3.22. The van der Waals surface area contributed by atoms with Gasteiger partial charge in [0.2, 0.25) is 5.91 Å². The summed E-state index contributed by atoms with van der Waals surface area (Å²) in [6, 6.07) is 15.5. The molecule has 1 fully saturated rings. The van der Waals surface area contributed by atoms with E-state index in [0.717, 1.165) is 28.8 Å². The van der Waals surface area contributed by atoms with Crippen molar-refractivity contribution in [1.82, 2.24) is 24.6 Å². The Morgan fingerprint density at radius 1 is 1.06 bits per heavy atom. The summed E-state index contributed by atoms with van der Waals surface area (Å²) in [6.45, 7) is 5.34. The van der Waals surface area contributed by atoms with Crippen LogP contribution in [0.5, 0.6) is 0 Å². The van der Waals surface area contributed by atoms with Crippen LogP contribution < -0.4 is 0 Å². The zero-order valence-electron chi connectivity index (χ0n) is 19.4. The first kappa shape index (κ1) is 23.9. The normalized spacial score (nSPS) is 16.0. The fourth-order valence-corrected chi connectivity index (χ4v) is 5.04. The molecule has 1 aromatic heterocycles. The van der Waals surface area contributed by atoms with E-state index in [1.807, 2.05) is 53.6 Å². The molecule has 3 aromatic rings. The molecule has 1 aliphatic heterocycles. The van der Waals surface area contributed by atoms with Gasteiger partial charge in [-0.25, -0.2) is 4.39 Å². The number of nitrogens with zero attached hydrogens (tertiary/aromatic N) is 5. The van der Waals surface area contributed by atoms with E-state index in [2.05, 4.69) is 10.2 Å². The largest absolute Gasteiger partial charge is 0.339 e. The molecule has 2 heterocycles. The number of hydrogen-bond acceptors (Lipinski definition) is 5. The molecule has 9 heteroatoms. The van der Waals surface area contributed by atoms with Crippen molar-refractivity contribution in [3.05, 3.63) is 71.8 Å². The molecule has 0 N–H and O–H groups in total. The van der Waals surface area contributed by atoms with E-state index in [0.29, 0.717) is 31.6 Å². The zero-order valence-corrected chi connectivity index (χ0v) is 20.2. The number of rotatable bonds is 7. The highest BCUT2D eigenvalue weighted by molar-refractivity contribution is 7.99. The van der Waals surface area contributed by atoms with Crippen LogP contribution in [-0.2, 0) is 4.79 Å². The molecule has 0 spiro atoms. The molecule has 1 unspecified atom stereocenters. The minimum Gasteiger partial charge on any atom is -0.339 e. The quantitative estimate of drug-likeness (QED) is 0.377. The molecule has 2 amide bonds. The van der Waals surface area contributed by atoms with E-state index in [4.69, 9.17) is 0 Å². The number of benzene rings is 2. The number of aromatic nitrogens is 3. The lowest BCUT2D eigenvalue weighted by atomic mass is 10.1. The van der Waals surface area contributed by atoms with Gasteiger partial charge in [0.25, 0.3) is 5.91 Å².